The molecule has 2 aromatic rings. The predicted molar refractivity (Wildman–Crippen MR) is 87.7 cm³/mol. The van der Waals surface area contributed by atoms with Crippen LogP contribution in [0.25, 0.3) is 16.6 Å². The molecule has 2 rings (SSSR count). The first kappa shape index (κ1) is 20.8. The predicted octanol–water partition coefficient (Wildman–Crippen LogP) is 5.32. The maximum absolute atomic E-state index is 13.3. The Morgan fingerprint density at radius 3 is 2.27 bits per heavy atom. The van der Waals surface area contributed by atoms with E-state index in [1.807, 2.05) is 0 Å². The van der Waals surface area contributed by atoms with Crippen LogP contribution in [0, 0.1) is 11.2 Å². The van der Waals surface area contributed by atoms with Crippen molar-refractivity contribution in [3.63, 3.8) is 0 Å². The molecule has 0 aromatic heterocycles. The van der Waals surface area contributed by atoms with Gasteiger partial charge in [-0.15, -0.1) is 0 Å². The van der Waals surface area contributed by atoms with Crippen LogP contribution in [0.4, 0.5) is 27.3 Å². The van der Waals surface area contributed by atoms with Gasteiger partial charge in [-0.25, -0.2) is 9.18 Å². The number of nitrogens with zero attached hydrogens (tertiary/aromatic N) is 2. The molecule has 10 heteroatoms. The normalized spacial score (nSPS) is 11.0. The number of carbonyl (C=O) groups excluding carboxylic acids is 1. The molecular formula is C16H12BF5N2O2. The molecule has 136 valence electrons. The lowest BCUT2D eigenvalue weighted by molar-refractivity contribution is -0.133. The van der Waals surface area contributed by atoms with Crippen LogP contribution in [0.3, 0.4) is 0 Å². The summed E-state index contributed by atoms with van der Waals surface area (Å²) >= 11 is 0. The van der Waals surface area contributed by atoms with E-state index in [0.717, 1.165) is 0 Å². The van der Waals surface area contributed by atoms with Gasteiger partial charge >= 0.3 is 18.9 Å². The molecule has 0 saturated heterocycles. The Bertz CT molecular complexity index is 841. The van der Waals surface area contributed by atoms with Crippen molar-refractivity contribution in [2.24, 2.45) is 0 Å². The van der Waals surface area contributed by atoms with E-state index in [-0.39, 0.29) is 5.57 Å². The van der Waals surface area contributed by atoms with Crippen molar-refractivity contribution >= 4 is 30.6 Å². The lowest BCUT2D eigenvalue weighted by Crippen LogP contribution is -2.04. The van der Waals surface area contributed by atoms with Crippen LogP contribution >= 0.6 is 0 Å². The average molecular weight is 370 g/mol. The smallest absolute Gasteiger partial charge is 0.465 e. The molecule has 0 spiro atoms. The largest absolute Gasteiger partial charge is 0.673 e. The zero-order chi connectivity index (χ0) is 19.7. The average Bonchev–Trinajstić information content (AvgIpc) is 2.58. The number of hydrogen-bond donors (Lipinski definition) is 0. The Hall–Kier alpha value is -3.22. The maximum Gasteiger partial charge on any atom is 0.673 e. The van der Waals surface area contributed by atoms with Gasteiger partial charge in [-0.05, 0) is 29.8 Å². The first-order valence-electron chi connectivity index (χ1n) is 7.03. The zero-order valence-electron chi connectivity index (χ0n) is 13.4. The fraction of sp³-hybridized carbons (Fsp3) is 0.0625. The maximum atomic E-state index is 13.3. The number of ether oxygens (including phenoxy) is 1. The Morgan fingerprint density at radius 2 is 1.73 bits per heavy atom. The van der Waals surface area contributed by atoms with Crippen molar-refractivity contribution in [3.05, 3.63) is 70.5 Å². The van der Waals surface area contributed by atoms with E-state index < -0.39 is 19.0 Å². The second kappa shape index (κ2) is 9.32. The first-order valence-corrected chi connectivity index (χ1v) is 7.03. The van der Waals surface area contributed by atoms with Gasteiger partial charge in [-0.3, -0.25) is 0 Å². The second-order valence-corrected chi connectivity index (χ2v) is 4.71. The molecule has 0 aliphatic carbocycles. The van der Waals surface area contributed by atoms with E-state index in [1.165, 1.54) is 31.4 Å². The molecule has 0 N–H and O–H groups in total. The third-order valence-electron chi connectivity index (χ3n) is 2.89. The number of esters is 1. The van der Waals surface area contributed by atoms with Gasteiger partial charge in [0.25, 0.3) is 0 Å². The van der Waals surface area contributed by atoms with Gasteiger partial charge < -0.3 is 22.0 Å². The topological polar surface area (TPSA) is 54.5 Å². The number of hydrogen-bond acceptors (Lipinski definition) is 3. The van der Waals surface area contributed by atoms with E-state index in [1.54, 1.807) is 30.3 Å². The third-order valence-corrected chi connectivity index (χ3v) is 2.89. The highest BCUT2D eigenvalue weighted by atomic mass is 19.5. The minimum atomic E-state index is -6.00. The molecule has 0 fully saturated rings. The standard InChI is InChI=1S/C16H12FN2O2.BF4/c1-21-16(20)14(11-6-4-7-13(17)9-11)10-12-5-2-3-8-15(12)19-18;2-1(3,4)5/h2-10H,1H3;/q+1;-1/b14-10+;. The number of rotatable bonds is 3. The van der Waals surface area contributed by atoms with Crippen molar-refractivity contribution in [1.29, 1.82) is 5.39 Å². The van der Waals surface area contributed by atoms with E-state index in [0.29, 0.717) is 16.8 Å². The summed E-state index contributed by atoms with van der Waals surface area (Å²) in [5.41, 5.74) is 1.38. The molecule has 2 aromatic carbocycles. The van der Waals surface area contributed by atoms with Crippen LogP contribution in [-0.2, 0) is 9.53 Å². The summed E-state index contributed by atoms with van der Waals surface area (Å²) in [7, 11) is -4.75. The van der Waals surface area contributed by atoms with Crippen molar-refractivity contribution < 1.29 is 31.2 Å². The first-order chi connectivity index (χ1) is 12.2. The second-order valence-electron chi connectivity index (χ2n) is 4.71. The minimum Gasteiger partial charge on any atom is -0.465 e. The zero-order valence-corrected chi connectivity index (χ0v) is 13.4. The Balaban J connectivity index is 0.000000597. The summed E-state index contributed by atoms with van der Waals surface area (Å²) in [6.45, 7) is 0. The highest BCUT2D eigenvalue weighted by Crippen LogP contribution is 2.26. The van der Waals surface area contributed by atoms with E-state index in [4.69, 9.17) is 10.1 Å². The van der Waals surface area contributed by atoms with Crippen LogP contribution < -0.4 is 0 Å². The summed E-state index contributed by atoms with van der Waals surface area (Å²) in [5, 5.41) is 8.96. The molecule has 0 aliphatic rings. The van der Waals surface area contributed by atoms with Crippen molar-refractivity contribution in [3.8, 4) is 0 Å². The van der Waals surface area contributed by atoms with Gasteiger partial charge in [0.15, 0.2) is 4.98 Å². The number of carbonyl (C=O) groups is 1. The number of halogens is 5. The summed E-state index contributed by atoms with van der Waals surface area (Å²) in [5.74, 6) is -1.06. The van der Waals surface area contributed by atoms with Crippen LogP contribution in [0.15, 0.2) is 48.5 Å². The fourth-order valence-corrected chi connectivity index (χ4v) is 1.88. The lowest BCUT2D eigenvalue weighted by Gasteiger charge is -2.05. The van der Waals surface area contributed by atoms with Gasteiger partial charge in [-0.2, -0.15) is 0 Å². The van der Waals surface area contributed by atoms with E-state index >= 15 is 0 Å². The summed E-state index contributed by atoms with van der Waals surface area (Å²) < 4.78 is 57.1. The molecule has 4 nitrogen and oxygen atoms in total. The highest BCUT2D eigenvalue weighted by Gasteiger charge is 2.20. The SMILES string of the molecule is COC(=O)/C(=C/c1ccccc1[N+]#N)c1cccc(F)c1.F[B-](F)(F)F. The van der Waals surface area contributed by atoms with Gasteiger partial charge in [0, 0.05) is 6.07 Å². The van der Waals surface area contributed by atoms with Crippen molar-refractivity contribution in [1.82, 2.24) is 0 Å². The Kier molecular flexibility index (Phi) is 7.46. The van der Waals surface area contributed by atoms with E-state index in [2.05, 4.69) is 4.98 Å². The molecule has 0 unspecified atom stereocenters. The van der Waals surface area contributed by atoms with Crippen LogP contribution in [0.2, 0.25) is 0 Å². The molecule has 26 heavy (non-hydrogen) atoms. The third kappa shape index (κ3) is 7.13. The molecule has 0 radical (unpaired) electrons. The highest BCUT2D eigenvalue weighted by molar-refractivity contribution is 6.50. The molecular weight excluding hydrogens is 358 g/mol. The fourth-order valence-electron chi connectivity index (χ4n) is 1.88. The summed E-state index contributed by atoms with van der Waals surface area (Å²) in [4.78, 5) is 15.1. The van der Waals surface area contributed by atoms with Gasteiger partial charge in [0.05, 0.1) is 18.2 Å². The molecule has 0 amide bonds. The van der Waals surface area contributed by atoms with Gasteiger partial charge in [0.2, 0.25) is 5.39 Å². The quantitative estimate of drug-likeness (QED) is 0.183. The summed E-state index contributed by atoms with van der Waals surface area (Å²) in [6, 6.07) is 12.3. The van der Waals surface area contributed by atoms with Crippen LogP contribution in [-0.4, -0.2) is 20.3 Å². The Morgan fingerprint density at radius 1 is 1.12 bits per heavy atom. The monoisotopic (exact) mass is 370 g/mol. The van der Waals surface area contributed by atoms with Crippen LogP contribution in [0.5, 0.6) is 0 Å². The van der Waals surface area contributed by atoms with Gasteiger partial charge in [-0.1, -0.05) is 24.3 Å². The molecule has 0 atom stereocenters. The molecule has 0 heterocycles. The number of benzene rings is 2. The van der Waals surface area contributed by atoms with Crippen LogP contribution in [0.1, 0.15) is 11.1 Å². The number of methoxy groups -OCH3 is 1. The lowest BCUT2D eigenvalue weighted by atomic mass is 10.0. The molecule has 0 saturated carbocycles. The minimum absolute atomic E-state index is 0.174. The number of diazo groups is 1. The summed E-state index contributed by atoms with van der Waals surface area (Å²) in [6.07, 6.45) is 1.50. The van der Waals surface area contributed by atoms with Crippen molar-refractivity contribution in [2.45, 2.75) is 0 Å². The molecule has 0 aliphatic heterocycles. The van der Waals surface area contributed by atoms with Crippen molar-refractivity contribution in [2.75, 3.05) is 7.11 Å². The molecule has 0 bridgehead atoms. The van der Waals surface area contributed by atoms with E-state index in [9.17, 15) is 26.4 Å². The Labute approximate surface area is 145 Å². The van der Waals surface area contributed by atoms with Gasteiger partial charge in [0.1, 0.15) is 5.82 Å².